The SMILES string of the molecule is CCCN(CCC(=O)O)CC(=O)NCCc1ccccc1. The first kappa shape index (κ1) is 17.2. The van der Waals surface area contributed by atoms with Crippen LogP contribution in [0.2, 0.25) is 0 Å². The van der Waals surface area contributed by atoms with Crippen molar-refractivity contribution in [2.24, 2.45) is 0 Å². The van der Waals surface area contributed by atoms with Crippen LogP contribution in [0.15, 0.2) is 30.3 Å². The first-order chi connectivity index (χ1) is 10.1. The van der Waals surface area contributed by atoms with Crippen molar-refractivity contribution in [3.8, 4) is 0 Å². The number of carbonyl (C=O) groups is 2. The molecule has 0 atom stereocenters. The summed E-state index contributed by atoms with van der Waals surface area (Å²) >= 11 is 0. The first-order valence-electron chi connectivity index (χ1n) is 7.36. The summed E-state index contributed by atoms with van der Waals surface area (Å²) in [6, 6.07) is 9.98. The number of benzene rings is 1. The maximum absolute atomic E-state index is 11.9. The van der Waals surface area contributed by atoms with Crippen LogP contribution >= 0.6 is 0 Å². The van der Waals surface area contributed by atoms with E-state index in [0.29, 0.717) is 13.1 Å². The van der Waals surface area contributed by atoms with Crippen LogP contribution in [-0.2, 0) is 16.0 Å². The monoisotopic (exact) mass is 292 g/mol. The zero-order chi connectivity index (χ0) is 15.5. The highest BCUT2D eigenvalue weighted by molar-refractivity contribution is 5.78. The Balaban J connectivity index is 2.27. The second-order valence-corrected chi connectivity index (χ2v) is 5.01. The molecule has 0 unspecified atom stereocenters. The molecule has 0 saturated carbocycles. The van der Waals surface area contributed by atoms with Gasteiger partial charge in [0.25, 0.3) is 0 Å². The third-order valence-electron chi connectivity index (χ3n) is 3.13. The number of carbonyl (C=O) groups excluding carboxylic acids is 1. The number of hydrogen-bond acceptors (Lipinski definition) is 3. The lowest BCUT2D eigenvalue weighted by Gasteiger charge is -2.20. The Morgan fingerprint density at radius 1 is 1.19 bits per heavy atom. The molecule has 5 nitrogen and oxygen atoms in total. The lowest BCUT2D eigenvalue weighted by atomic mass is 10.1. The van der Waals surface area contributed by atoms with Gasteiger partial charge in [0.05, 0.1) is 13.0 Å². The molecule has 0 bridgehead atoms. The molecule has 1 amide bonds. The third kappa shape index (κ3) is 8.09. The molecule has 0 saturated heterocycles. The van der Waals surface area contributed by atoms with Crippen molar-refractivity contribution in [3.05, 3.63) is 35.9 Å². The minimum Gasteiger partial charge on any atom is -0.481 e. The number of carboxylic acid groups (broad SMARTS) is 1. The van der Waals surface area contributed by atoms with Gasteiger partial charge < -0.3 is 10.4 Å². The van der Waals surface area contributed by atoms with E-state index in [2.05, 4.69) is 5.32 Å². The summed E-state index contributed by atoms with van der Waals surface area (Å²) < 4.78 is 0. The standard InChI is InChI=1S/C16H24N2O3/c1-2-11-18(12-9-16(20)21)13-15(19)17-10-8-14-6-4-3-5-7-14/h3-7H,2,8-13H2,1H3,(H,17,19)(H,20,21). The van der Waals surface area contributed by atoms with E-state index < -0.39 is 5.97 Å². The van der Waals surface area contributed by atoms with Crippen molar-refractivity contribution >= 4 is 11.9 Å². The summed E-state index contributed by atoms with van der Waals surface area (Å²) in [6.45, 7) is 4.02. The molecule has 1 aromatic carbocycles. The van der Waals surface area contributed by atoms with E-state index in [1.165, 1.54) is 5.56 Å². The second-order valence-electron chi connectivity index (χ2n) is 5.01. The zero-order valence-corrected chi connectivity index (χ0v) is 12.5. The van der Waals surface area contributed by atoms with Gasteiger partial charge in [-0.3, -0.25) is 14.5 Å². The number of carboxylic acids is 1. The van der Waals surface area contributed by atoms with Crippen LogP contribution < -0.4 is 5.32 Å². The van der Waals surface area contributed by atoms with E-state index in [4.69, 9.17) is 5.11 Å². The summed E-state index contributed by atoms with van der Waals surface area (Å²) in [5.74, 6) is -0.884. The molecule has 0 heterocycles. The lowest BCUT2D eigenvalue weighted by Crippen LogP contribution is -2.39. The van der Waals surface area contributed by atoms with Crippen molar-refractivity contribution in [2.75, 3.05) is 26.2 Å². The third-order valence-corrected chi connectivity index (χ3v) is 3.13. The van der Waals surface area contributed by atoms with E-state index in [1.54, 1.807) is 0 Å². The van der Waals surface area contributed by atoms with Gasteiger partial charge in [-0.2, -0.15) is 0 Å². The molecule has 0 aromatic heterocycles. The Morgan fingerprint density at radius 3 is 2.52 bits per heavy atom. The van der Waals surface area contributed by atoms with E-state index >= 15 is 0 Å². The number of rotatable bonds is 10. The number of hydrogen-bond donors (Lipinski definition) is 2. The van der Waals surface area contributed by atoms with Gasteiger partial charge in [-0.25, -0.2) is 0 Å². The molecule has 0 radical (unpaired) electrons. The van der Waals surface area contributed by atoms with Crippen LogP contribution in [0.5, 0.6) is 0 Å². The van der Waals surface area contributed by atoms with E-state index in [-0.39, 0.29) is 18.9 Å². The zero-order valence-electron chi connectivity index (χ0n) is 12.5. The van der Waals surface area contributed by atoms with Crippen LogP contribution in [0.4, 0.5) is 0 Å². The maximum Gasteiger partial charge on any atom is 0.304 e. The fourth-order valence-electron chi connectivity index (χ4n) is 2.09. The molecular weight excluding hydrogens is 268 g/mol. The minimum atomic E-state index is -0.833. The Labute approximate surface area is 126 Å². The molecule has 21 heavy (non-hydrogen) atoms. The van der Waals surface area contributed by atoms with Gasteiger partial charge in [-0.15, -0.1) is 0 Å². The van der Waals surface area contributed by atoms with Gasteiger partial charge in [-0.1, -0.05) is 37.3 Å². The van der Waals surface area contributed by atoms with Crippen molar-refractivity contribution in [1.82, 2.24) is 10.2 Å². The fourth-order valence-corrected chi connectivity index (χ4v) is 2.09. The quantitative estimate of drug-likeness (QED) is 0.686. The average molecular weight is 292 g/mol. The Morgan fingerprint density at radius 2 is 1.90 bits per heavy atom. The Hall–Kier alpha value is -1.88. The molecule has 0 fully saturated rings. The summed E-state index contributed by atoms with van der Waals surface area (Å²) in [5.41, 5.74) is 1.19. The predicted molar refractivity (Wildman–Crippen MR) is 82.1 cm³/mol. The smallest absolute Gasteiger partial charge is 0.304 e. The topological polar surface area (TPSA) is 69.6 Å². The lowest BCUT2D eigenvalue weighted by molar-refractivity contribution is -0.137. The summed E-state index contributed by atoms with van der Waals surface area (Å²) in [6.07, 6.45) is 1.77. The molecule has 0 aliphatic heterocycles. The molecule has 0 aliphatic rings. The van der Waals surface area contributed by atoms with Crippen molar-refractivity contribution in [1.29, 1.82) is 0 Å². The molecule has 2 N–H and O–H groups in total. The second kappa shape index (κ2) is 9.94. The maximum atomic E-state index is 11.9. The molecule has 1 aromatic rings. The van der Waals surface area contributed by atoms with Crippen LogP contribution in [-0.4, -0.2) is 48.1 Å². The summed E-state index contributed by atoms with van der Waals surface area (Å²) in [7, 11) is 0. The van der Waals surface area contributed by atoms with Gasteiger partial charge in [-0.05, 0) is 24.9 Å². The normalized spacial score (nSPS) is 10.6. The number of aliphatic carboxylic acids is 1. The van der Waals surface area contributed by atoms with Gasteiger partial charge in [0.15, 0.2) is 0 Å². The molecule has 5 heteroatoms. The molecule has 1 rings (SSSR count). The number of nitrogens with one attached hydrogen (secondary N) is 1. The Kier molecular flexibility index (Phi) is 8.12. The average Bonchev–Trinajstić information content (AvgIpc) is 2.46. The molecule has 0 spiro atoms. The number of nitrogens with zero attached hydrogens (tertiary/aromatic N) is 1. The summed E-state index contributed by atoms with van der Waals surface area (Å²) in [5, 5.41) is 11.6. The first-order valence-corrected chi connectivity index (χ1v) is 7.36. The van der Waals surface area contributed by atoms with Crippen LogP contribution in [0.25, 0.3) is 0 Å². The van der Waals surface area contributed by atoms with Crippen LogP contribution in [0.1, 0.15) is 25.3 Å². The Bertz CT molecular complexity index is 434. The van der Waals surface area contributed by atoms with Crippen LogP contribution in [0.3, 0.4) is 0 Å². The molecule has 116 valence electrons. The number of amides is 1. The van der Waals surface area contributed by atoms with Crippen LogP contribution in [0, 0.1) is 0 Å². The summed E-state index contributed by atoms with van der Waals surface area (Å²) in [4.78, 5) is 24.3. The minimum absolute atomic E-state index is 0.0511. The molecule has 0 aliphatic carbocycles. The van der Waals surface area contributed by atoms with Crippen molar-refractivity contribution < 1.29 is 14.7 Å². The molecular formula is C16H24N2O3. The van der Waals surface area contributed by atoms with E-state index in [0.717, 1.165) is 19.4 Å². The predicted octanol–water partition coefficient (Wildman–Crippen LogP) is 1.53. The van der Waals surface area contributed by atoms with E-state index in [1.807, 2.05) is 42.2 Å². The van der Waals surface area contributed by atoms with Crippen molar-refractivity contribution in [3.63, 3.8) is 0 Å². The van der Waals surface area contributed by atoms with E-state index in [9.17, 15) is 9.59 Å². The highest BCUT2D eigenvalue weighted by Gasteiger charge is 2.11. The van der Waals surface area contributed by atoms with Gasteiger partial charge in [0.1, 0.15) is 0 Å². The largest absolute Gasteiger partial charge is 0.481 e. The van der Waals surface area contributed by atoms with Gasteiger partial charge >= 0.3 is 5.97 Å². The highest BCUT2D eigenvalue weighted by Crippen LogP contribution is 1.98. The fraction of sp³-hybridized carbons (Fsp3) is 0.500. The van der Waals surface area contributed by atoms with Crippen molar-refractivity contribution in [2.45, 2.75) is 26.2 Å². The highest BCUT2D eigenvalue weighted by atomic mass is 16.4. The van der Waals surface area contributed by atoms with Gasteiger partial charge in [0, 0.05) is 13.1 Å². The van der Waals surface area contributed by atoms with Gasteiger partial charge in [0.2, 0.25) is 5.91 Å².